The van der Waals surface area contributed by atoms with Crippen LogP contribution in [0.1, 0.15) is 16.8 Å². The number of hydrogen-bond acceptors (Lipinski definition) is 4. The molecule has 2 rings (SSSR count). The normalized spacial score (nSPS) is 11.8. The van der Waals surface area contributed by atoms with Crippen LogP contribution in [0.3, 0.4) is 0 Å². The average Bonchev–Trinajstić information content (AvgIpc) is 2.79. The van der Waals surface area contributed by atoms with E-state index in [1.165, 1.54) is 13.8 Å². The van der Waals surface area contributed by atoms with Crippen LogP contribution in [0.5, 0.6) is 0 Å². The van der Waals surface area contributed by atoms with Crippen LogP contribution in [-0.4, -0.2) is 18.2 Å². The fourth-order valence-corrected chi connectivity index (χ4v) is 3.62. The lowest BCUT2D eigenvalue weighted by Crippen LogP contribution is -2.25. The predicted octanol–water partition coefficient (Wildman–Crippen LogP) is 1.24. The van der Waals surface area contributed by atoms with Crippen molar-refractivity contribution in [3.8, 4) is 0 Å². The van der Waals surface area contributed by atoms with E-state index in [4.69, 9.17) is 5.73 Å². The molecule has 0 saturated heterocycles. The van der Waals surface area contributed by atoms with E-state index in [1.807, 2.05) is 0 Å². The topological polar surface area (TPSA) is 90.0 Å². The van der Waals surface area contributed by atoms with Gasteiger partial charge in [0.1, 0.15) is 5.82 Å². The molecule has 3 N–H and O–H groups in total. The van der Waals surface area contributed by atoms with Crippen LogP contribution in [0.4, 0.5) is 10.1 Å². The van der Waals surface area contributed by atoms with Crippen molar-refractivity contribution in [1.29, 1.82) is 0 Å². The van der Waals surface area contributed by atoms with Gasteiger partial charge in [0.25, 0.3) is 0 Å². The Labute approximate surface area is 122 Å². The van der Waals surface area contributed by atoms with Crippen LogP contribution in [-0.2, 0) is 23.6 Å². The molecule has 0 aliphatic carbocycles. The van der Waals surface area contributed by atoms with Crippen LogP contribution in [0.15, 0.2) is 23.2 Å². The molecule has 0 spiro atoms. The number of hydrogen-bond donors (Lipinski definition) is 2. The zero-order valence-electron chi connectivity index (χ0n) is 12.0. The van der Waals surface area contributed by atoms with E-state index in [0.29, 0.717) is 11.3 Å². The van der Waals surface area contributed by atoms with Gasteiger partial charge in [-0.25, -0.2) is 17.5 Å². The number of nitrogen functional groups attached to an aromatic ring is 1. The second-order valence-corrected chi connectivity index (χ2v) is 6.55. The Morgan fingerprint density at radius 2 is 2.10 bits per heavy atom. The molecule has 1 aromatic heterocycles. The van der Waals surface area contributed by atoms with Crippen molar-refractivity contribution in [3.63, 3.8) is 0 Å². The third-order valence-corrected chi connectivity index (χ3v) is 4.87. The zero-order chi connectivity index (χ0) is 15.8. The van der Waals surface area contributed by atoms with E-state index >= 15 is 0 Å². The van der Waals surface area contributed by atoms with E-state index in [0.717, 1.165) is 6.07 Å². The lowest BCUT2D eigenvalue weighted by molar-refractivity contribution is 0.577. The Balaban J connectivity index is 2.34. The molecule has 0 aliphatic heterocycles. The Morgan fingerprint density at radius 3 is 2.67 bits per heavy atom. The Morgan fingerprint density at radius 1 is 1.43 bits per heavy atom. The maximum atomic E-state index is 13.5. The van der Waals surface area contributed by atoms with Gasteiger partial charge in [-0.3, -0.25) is 4.68 Å². The minimum absolute atomic E-state index is 0.0114. The van der Waals surface area contributed by atoms with Gasteiger partial charge in [-0.1, -0.05) is 0 Å². The summed E-state index contributed by atoms with van der Waals surface area (Å²) in [5.41, 5.74) is 6.53. The van der Waals surface area contributed by atoms with E-state index in [-0.39, 0.29) is 22.7 Å². The molecule has 2 aromatic rings. The number of aryl methyl sites for hydroxylation is 2. The van der Waals surface area contributed by atoms with Crippen molar-refractivity contribution in [3.05, 3.63) is 41.0 Å². The van der Waals surface area contributed by atoms with Crippen molar-refractivity contribution in [2.24, 2.45) is 7.05 Å². The summed E-state index contributed by atoms with van der Waals surface area (Å²) in [5.74, 6) is -0.617. The summed E-state index contributed by atoms with van der Waals surface area (Å²) >= 11 is 0. The summed E-state index contributed by atoms with van der Waals surface area (Å²) in [6.07, 6.45) is 1.72. The summed E-state index contributed by atoms with van der Waals surface area (Å²) < 4.78 is 42.3. The van der Waals surface area contributed by atoms with Crippen LogP contribution in [0.2, 0.25) is 0 Å². The van der Waals surface area contributed by atoms with Crippen LogP contribution >= 0.6 is 0 Å². The van der Waals surface area contributed by atoms with Gasteiger partial charge in [-0.15, -0.1) is 0 Å². The highest BCUT2D eigenvalue weighted by Gasteiger charge is 2.22. The fourth-order valence-electron chi connectivity index (χ4n) is 2.14. The molecule has 0 amide bonds. The van der Waals surface area contributed by atoms with Crippen molar-refractivity contribution >= 4 is 15.7 Å². The summed E-state index contributed by atoms with van der Waals surface area (Å²) in [6, 6.07) is 2.83. The lowest BCUT2D eigenvalue weighted by atomic mass is 10.1. The molecule has 114 valence electrons. The van der Waals surface area contributed by atoms with E-state index < -0.39 is 15.8 Å². The first-order valence-electron chi connectivity index (χ1n) is 6.25. The number of rotatable bonds is 4. The molecule has 0 aliphatic rings. The molecule has 0 unspecified atom stereocenters. The van der Waals surface area contributed by atoms with Crippen molar-refractivity contribution in [2.45, 2.75) is 25.3 Å². The number of anilines is 1. The quantitative estimate of drug-likeness (QED) is 0.831. The summed E-state index contributed by atoms with van der Waals surface area (Å²) in [4.78, 5) is 0.0114. The van der Waals surface area contributed by atoms with Crippen LogP contribution in [0.25, 0.3) is 0 Å². The Kier molecular flexibility index (Phi) is 4.02. The van der Waals surface area contributed by atoms with Crippen molar-refractivity contribution < 1.29 is 12.8 Å². The number of benzene rings is 1. The summed E-state index contributed by atoms with van der Waals surface area (Å²) in [5, 5.41) is 4.09. The van der Waals surface area contributed by atoms with Gasteiger partial charge in [-0.05, 0) is 37.1 Å². The Bertz CT molecular complexity index is 784. The molecule has 6 nitrogen and oxygen atoms in total. The molecule has 1 heterocycles. The monoisotopic (exact) mass is 312 g/mol. The molecular weight excluding hydrogens is 295 g/mol. The van der Waals surface area contributed by atoms with Crippen LogP contribution in [0, 0.1) is 19.7 Å². The smallest absolute Gasteiger partial charge is 0.241 e. The lowest BCUT2D eigenvalue weighted by Gasteiger charge is -2.14. The highest BCUT2D eigenvalue weighted by Crippen LogP contribution is 2.27. The van der Waals surface area contributed by atoms with Gasteiger partial charge in [0.05, 0.1) is 22.8 Å². The minimum Gasteiger partial charge on any atom is -0.396 e. The van der Waals surface area contributed by atoms with Gasteiger partial charge in [0, 0.05) is 13.2 Å². The number of nitrogens with one attached hydrogen (secondary N) is 1. The average molecular weight is 312 g/mol. The Hall–Kier alpha value is -1.93. The summed E-state index contributed by atoms with van der Waals surface area (Å²) in [6.45, 7) is 3.07. The van der Waals surface area contributed by atoms with Crippen LogP contribution < -0.4 is 10.5 Å². The first-order chi connectivity index (χ1) is 9.72. The van der Waals surface area contributed by atoms with Gasteiger partial charge in [0.2, 0.25) is 10.0 Å². The molecule has 8 heteroatoms. The zero-order valence-corrected chi connectivity index (χ0v) is 12.8. The highest BCUT2D eigenvalue weighted by molar-refractivity contribution is 7.89. The minimum atomic E-state index is -3.80. The van der Waals surface area contributed by atoms with Crippen molar-refractivity contribution in [2.75, 3.05) is 5.73 Å². The maximum Gasteiger partial charge on any atom is 0.241 e. The fraction of sp³-hybridized carbons (Fsp3) is 0.308. The largest absolute Gasteiger partial charge is 0.396 e. The number of aromatic nitrogens is 2. The van der Waals surface area contributed by atoms with Gasteiger partial charge >= 0.3 is 0 Å². The van der Waals surface area contributed by atoms with E-state index in [1.54, 1.807) is 24.0 Å². The molecule has 0 fully saturated rings. The van der Waals surface area contributed by atoms with Gasteiger partial charge in [0.15, 0.2) is 0 Å². The van der Waals surface area contributed by atoms with Crippen molar-refractivity contribution in [1.82, 2.24) is 14.5 Å². The highest BCUT2D eigenvalue weighted by atomic mass is 32.2. The molecule has 1 aromatic carbocycles. The SMILES string of the molecule is Cc1cc(F)c(N)c(C)c1S(=O)(=O)NCc1ccn(C)n1. The molecular formula is C13H17FN4O2S. The molecule has 0 atom stereocenters. The van der Waals surface area contributed by atoms with E-state index in [2.05, 4.69) is 9.82 Å². The predicted molar refractivity (Wildman–Crippen MR) is 77.5 cm³/mol. The number of halogens is 1. The maximum absolute atomic E-state index is 13.5. The summed E-state index contributed by atoms with van der Waals surface area (Å²) in [7, 11) is -2.05. The molecule has 0 radical (unpaired) electrons. The second-order valence-electron chi connectivity index (χ2n) is 4.85. The second kappa shape index (κ2) is 5.45. The number of nitrogens with zero attached hydrogens (tertiary/aromatic N) is 2. The molecule has 0 bridgehead atoms. The third kappa shape index (κ3) is 3.06. The molecule has 0 saturated carbocycles. The number of nitrogens with two attached hydrogens (primary N) is 1. The third-order valence-electron chi connectivity index (χ3n) is 3.18. The van der Waals surface area contributed by atoms with E-state index in [9.17, 15) is 12.8 Å². The first kappa shape index (κ1) is 15.5. The van der Waals surface area contributed by atoms with Gasteiger partial charge in [-0.2, -0.15) is 5.10 Å². The molecule has 21 heavy (non-hydrogen) atoms. The standard InChI is InChI=1S/C13H17FN4O2S/c1-8-6-11(14)12(15)9(2)13(8)21(19,20)16-7-10-4-5-18(3)17-10/h4-6,16H,7,15H2,1-3H3. The van der Waals surface area contributed by atoms with Gasteiger partial charge < -0.3 is 5.73 Å². The number of sulfonamides is 1. The first-order valence-corrected chi connectivity index (χ1v) is 7.74.